The minimum Gasteiger partial charge on any atom is -0.493 e. The second kappa shape index (κ2) is 9.12. The molecule has 0 aliphatic carbocycles. The van der Waals surface area contributed by atoms with Crippen LogP contribution < -0.4 is 9.47 Å². The molecule has 3 rings (SSSR count). The van der Waals surface area contributed by atoms with E-state index in [-0.39, 0.29) is 17.7 Å². The molecule has 7 heteroatoms. The third-order valence-corrected chi connectivity index (χ3v) is 5.45. The second-order valence-corrected chi connectivity index (χ2v) is 7.73. The molecule has 144 valence electrons. The summed E-state index contributed by atoms with van der Waals surface area (Å²) in [7, 11) is 1.54. The van der Waals surface area contributed by atoms with E-state index in [9.17, 15) is 9.59 Å². The molecule has 0 atom stereocenters. The fourth-order valence-electron chi connectivity index (χ4n) is 2.66. The highest BCUT2D eigenvalue weighted by Gasteiger charge is 2.35. The van der Waals surface area contributed by atoms with Gasteiger partial charge in [-0.2, -0.15) is 0 Å². The molecule has 0 spiro atoms. The van der Waals surface area contributed by atoms with Gasteiger partial charge in [0.15, 0.2) is 11.5 Å². The topological polar surface area (TPSA) is 55.8 Å². The van der Waals surface area contributed by atoms with E-state index >= 15 is 0 Å². The molecule has 2 aromatic rings. The van der Waals surface area contributed by atoms with Gasteiger partial charge in [0.05, 0.1) is 23.0 Å². The lowest BCUT2D eigenvalue weighted by atomic mass is 10.1. The lowest BCUT2D eigenvalue weighted by Crippen LogP contribution is -2.27. The summed E-state index contributed by atoms with van der Waals surface area (Å²) in [6.45, 7) is 4.23. The highest BCUT2D eigenvalue weighted by Crippen LogP contribution is 2.39. The predicted molar refractivity (Wildman–Crippen MR) is 114 cm³/mol. The van der Waals surface area contributed by atoms with Crippen LogP contribution in [0.25, 0.3) is 6.08 Å². The number of thioether (sulfide) groups is 1. The number of ether oxygens (including phenoxy) is 2. The Kier molecular flexibility index (Phi) is 6.59. The zero-order valence-corrected chi connectivity index (χ0v) is 17.6. The molecule has 1 aliphatic heterocycles. The lowest BCUT2D eigenvalue weighted by Gasteiger charge is -2.13. The van der Waals surface area contributed by atoms with Gasteiger partial charge in [-0.15, -0.1) is 0 Å². The fourth-order valence-corrected chi connectivity index (χ4v) is 4.07. The lowest BCUT2D eigenvalue weighted by molar-refractivity contribution is -0.123. The Labute approximate surface area is 176 Å². The zero-order valence-electron chi connectivity index (χ0n) is 15.2. The van der Waals surface area contributed by atoms with Crippen LogP contribution >= 0.6 is 27.7 Å². The van der Waals surface area contributed by atoms with Gasteiger partial charge in [-0.25, -0.2) is 0 Å². The number of carbonyl (C=O) groups is 2. The molecule has 1 fully saturated rings. The maximum atomic E-state index is 12.7. The van der Waals surface area contributed by atoms with Crippen LogP contribution in [0.4, 0.5) is 4.79 Å². The van der Waals surface area contributed by atoms with E-state index in [1.165, 1.54) is 4.90 Å². The quantitative estimate of drug-likeness (QED) is 0.417. The number of nitrogens with zero attached hydrogens (tertiary/aromatic N) is 1. The van der Waals surface area contributed by atoms with Crippen molar-refractivity contribution in [2.45, 2.75) is 6.54 Å². The van der Waals surface area contributed by atoms with E-state index in [1.54, 1.807) is 25.3 Å². The molecule has 0 saturated carbocycles. The molecule has 0 radical (unpaired) electrons. The largest absolute Gasteiger partial charge is 0.493 e. The SMILES string of the molecule is C=CCOc1c(Br)cc(/C=C2\SC(=O)N(Cc3ccccc3)C2=O)cc1OC. The first kappa shape index (κ1) is 20.2. The Hall–Kier alpha value is -2.51. The van der Waals surface area contributed by atoms with Crippen LogP contribution in [0.5, 0.6) is 11.5 Å². The number of rotatable bonds is 7. The van der Waals surface area contributed by atoms with Crippen molar-refractivity contribution in [3.63, 3.8) is 0 Å². The molecule has 2 aromatic carbocycles. The first-order chi connectivity index (χ1) is 13.5. The number of hydrogen-bond acceptors (Lipinski definition) is 5. The zero-order chi connectivity index (χ0) is 20.1. The Morgan fingerprint density at radius 3 is 2.64 bits per heavy atom. The van der Waals surface area contributed by atoms with Crippen LogP contribution in [0.3, 0.4) is 0 Å². The molecular formula is C21H18BrNO4S. The Morgan fingerprint density at radius 2 is 1.96 bits per heavy atom. The van der Waals surface area contributed by atoms with Crippen molar-refractivity contribution in [2.24, 2.45) is 0 Å². The van der Waals surface area contributed by atoms with Gasteiger partial charge in [0.1, 0.15) is 6.61 Å². The van der Waals surface area contributed by atoms with Gasteiger partial charge in [-0.05, 0) is 57.0 Å². The van der Waals surface area contributed by atoms with Crippen LogP contribution in [-0.4, -0.2) is 29.8 Å². The minimum absolute atomic E-state index is 0.254. The van der Waals surface area contributed by atoms with Crippen LogP contribution in [0.15, 0.2) is 64.5 Å². The van der Waals surface area contributed by atoms with Crippen LogP contribution in [0, 0.1) is 0 Å². The Morgan fingerprint density at radius 1 is 1.21 bits per heavy atom. The third-order valence-electron chi connectivity index (χ3n) is 3.95. The maximum Gasteiger partial charge on any atom is 0.293 e. The van der Waals surface area contributed by atoms with E-state index in [0.29, 0.717) is 27.5 Å². The molecule has 5 nitrogen and oxygen atoms in total. The van der Waals surface area contributed by atoms with Crippen molar-refractivity contribution in [3.8, 4) is 11.5 Å². The summed E-state index contributed by atoms with van der Waals surface area (Å²) in [6, 6.07) is 13.0. The molecule has 0 aromatic heterocycles. The number of halogens is 1. The van der Waals surface area contributed by atoms with Crippen LogP contribution in [0.1, 0.15) is 11.1 Å². The number of carbonyl (C=O) groups excluding carboxylic acids is 2. The average molecular weight is 460 g/mol. The Balaban J connectivity index is 1.85. The maximum absolute atomic E-state index is 12.7. The van der Waals surface area contributed by atoms with E-state index in [4.69, 9.17) is 9.47 Å². The number of hydrogen-bond donors (Lipinski definition) is 0. The minimum atomic E-state index is -0.305. The molecular weight excluding hydrogens is 442 g/mol. The van der Waals surface area contributed by atoms with Gasteiger partial charge in [-0.1, -0.05) is 43.0 Å². The molecule has 1 aliphatic rings. The smallest absolute Gasteiger partial charge is 0.293 e. The average Bonchev–Trinajstić information content (AvgIpc) is 2.95. The standard InChI is InChI=1S/C21H18BrNO4S/c1-3-9-27-19-16(22)10-15(11-17(19)26-2)12-18-20(24)23(21(25)28-18)13-14-7-5-4-6-8-14/h3-8,10-12H,1,9,13H2,2H3/b18-12-. The van der Waals surface area contributed by atoms with Crippen LogP contribution in [-0.2, 0) is 11.3 Å². The van der Waals surface area contributed by atoms with Crippen LogP contribution in [0.2, 0.25) is 0 Å². The molecule has 28 heavy (non-hydrogen) atoms. The summed E-state index contributed by atoms with van der Waals surface area (Å²) in [5, 5.41) is -0.280. The van der Waals surface area contributed by atoms with Crippen molar-refractivity contribution < 1.29 is 19.1 Å². The first-order valence-electron chi connectivity index (χ1n) is 8.44. The van der Waals surface area contributed by atoms with Crippen molar-refractivity contribution in [1.29, 1.82) is 0 Å². The van der Waals surface area contributed by atoms with Gasteiger partial charge in [0.2, 0.25) is 0 Å². The van der Waals surface area contributed by atoms with Gasteiger partial charge in [0.25, 0.3) is 11.1 Å². The molecule has 0 N–H and O–H groups in total. The summed E-state index contributed by atoms with van der Waals surface area (Å²) >= 11 is 4.40. The Bertz CT molecular complexity index is 943. The highest BCUT2D eigenvalue weighted by atomic mass is 79.9. The molecule has 2 amide bonds. The van der Waals surface area contributed by atoms with Gasteiger partial charge >= 0.3 is 0 Å². The van der Waals surface area contributed by atoms with Crippen molar-refractivity contribution in [2.75, 3.05) is 13.7 Å². The number of benzene rings is 2. The second-order valence-electron chi connectivity index (χ2n) is 5.89. The van der Waals surface area contributed by atoms with Crippen molar-refractivity contribution >= 4 is 44.9 Å². The van der Waals surface area contributed by atoms with E-state index < -0.39 is 0 Å². The summed E-state index contributed by atoms with van der Waals surface area (Å²) in [6.07, 6.45) is 3.32. The van der Waals surface area contributed by atoms with E-state index in [2.05, 4.69) is 22.5 Å². The van der Waals surface area contributed by atoms with Crippen molar-refractivity contribution in [3.05, 3.63) is 75.6 Å². The highest BCUT2D eigenvalue weighted by molar-refractivity contribution is 9.10. The van der Waals surface area contributed by atoms with Gasteiger partial charge in [-0.3, -0.25) is 14.5 Å². The molecule has 0 unspecified atom stereocenters. The third kappa shape index (κ3) is 4.48. The molecule has 0 bridgehead atoms. The summed E-state index contributed by atoms with van der Waals surface area (Å²) in [5.74, 6) is 0.767. The summed E-state index contributed by atoms with van der Waals surface area (Å²) < 4.78 is 11.7. The predicted octanol–water partition coefficient (Wildman–Crippen LogP) is 5.26. The van der Waals surface area contributed by atoms with Crippen molar-refractivity contribution in [1.82, 2.24) is 4.90 Å². The number of methoxy groups -OCH3 is 1. The van der Waals surface area contributed by atoms with E-state index in [1.807, 2.05) is 36.4 Å². The fraction of sp³-hybridized carbons (Fsp3) is 0.143. The molecule has 1 saturated heterocycles. The van der Waals surface area contributed by atoms with E-state index in [0.717, 1.165) is 22.9 Å². The summed E-state index contributed by atoms with van der Waals surface area (Å²) in [4.78, 5) is 26.6. The molecule has 1 heterocycles. The first-order valence-corrected chi connectivity index (χ1v) is 10.0. The number of imide groups is 1. The monoisotopic (exact) mass is 459 g/mol. The summed E-state index contributed by atoms with van der Waals surface area (Å²) in [5.41, 5.74) is 1.62. The normalized spacial score (nSPS) is 15.2. The number of amides is 2. The van der Waals surface area contributed by atoms with Gasteiger partial charge < -0.3 is 9.47 Å². The van der Waals surface area contributed by atoms with Gasteiger partial charge in [0, 0.05) is 0 Å².